The summed E-state index contributed by atoms with van der Waals surface area (Å²) in [5.41, 5.74) is 1.71. The van der Waals surface area contributed by atoms with Crippen LogP contribution in [-0.2, 0) is 13.0 Å². The van der Waals surface area contributed by atoms with Crippen molar-refractivity contribution in [3.63, 3.8) is 0 Å². The predicted octanol–water partition coefficient (Wildman–Crippen LogP) is 2.44. The Labute approximate surface area is 104 Å². The first-order chi connectivity index (χ1) is 8.49. The van der Waals surface area contributed by atoms with Gasteiger partial charge in [-0.25, -0.2) is 0 Å². The normalized spacial score (nSPS) is 13.1. The van der Waals surface area contributed by atoms with Crippen molar-refractivity contribution >= 4 is 0 Å². The van der Waals surface area contributed by atoms with Crippen molar-refractivity contribution in [2.45, 2.75) is 26.1 Å². The number of hydrogen-bond donors (Lipinski definition) is 1. The van der Waals surface area contributed by atoms with Gasteiger partial charge in [-0.05, 0) is 18.1 Å². The fourth-order valence-corrected chi connectivity index (χ4v) is 1.52. The summed E-state index contributed by atoms with van der Waals surface area (Å²) in [4.78, 5) is 4.11. The van der Waals surface area contributed by atoms with Crippen LogP contribution in [0.15, 0.2) is 18.3 Å². The van der Waals surface area contributed by atoms with Crippen LogP contribution in [-0.4, -0.2) is 17.7 Å². The van der Waals surface area contributed by atoms with Crippen LogP contribution in [0.25, 0.3) is 0 Å². The van der Waals surface area contributed by atoms with Crippen LogP contribution < -0.4 is 5.32 Å². The molecule has 0 amide bonds. The number of halogens is 3. The maximum absolute atomic E-state index is 12.3. The third-order valence-electron chi connectivity index (χ3n) is 2.56. The Hall–Kier alpha value is -1.61. The van der Waals surface area contributed by atoms with Gasteiger partial charge in [0.15, 0.2) is 5.92 Å². The molecule has 0 aromatic carbocycles. The summed E-state index contributed by atoms with van der Waals surface area (Å²) in [5, 5.41) is 11.1. The van der Waals surface area contributed by atoms with Crippen LogP contribution in [0, 0.1) is 17.2 Å². The standard InChI is InChI=1S/C12H14F3N3/c1-2-9-4-3-5-18-11(9)8-17-7-10(6-16)12(13,14)15/h3-5,10,17H,2,7-8H2,1H3. The summed E-state index contributed by atoms with van der Waals surface area (Å²) in [7, 11) is 0. The molecule has 0 aliphatic rings. The maximum Gasteiger partial charge on any atom is 0.405 e. The summed E-state index contributed by atoms with van der Waals surface area (Å²) >= 11 is 0. The van der Waals surface area contributed by atoms with E-state index >= 15 is 0 Å². The van der Waals surface area contributed by atoms with E-state index in [9.17, 15) is 13.2 Å². The number of aryl methyl sites for hydroxylation is 1. The summed E-state index contributed by atoms with van der Waals surface area (Å²) in [5.74, 6) is -1.98. The minimum atomic E-state index is -4.49. The molecular weight excluding hydrogens is 243 g/mol. The second-order valence-electron chi connectivity index (χ2n) is 3.82. The summed E-state index contributed by atoms with van der Waals surface area (Å²) < 4.78 is 36.9. The number of nitriles is 1. The number of alkyl halides is 3. The minimum absolute atomic E-state index is 0.234. The van der Waals surface area contributed by atoms with Crippen molar-refractivity contribution in [1.82, 2.24) is 10.3 Å². The molecule has 0 aliphatic heterocycles. The Balaban J connectivity index is 2.54. The van der Waals surface area contributed by atoms with E-state index in [0.29, 0.717) is 0 Å². The molecule has 1 atom stereocenters. The number of hydrogen-bond acceptors (Lipinski definition) is 3. The van der Waals surface area contributed by atoms with Crippen LogP contribution in [0.4, 0.5) is 13.2 Å². The highest BCUT2D eigenvalue weighted by molar-refractivity contribution is 5.19. The van der Waals surface area contributed by atoms with Crippen molar-refractivity contribution in [3.8, 4) is 6.07 Å². The van der Waals surface area contributed by atoms with Gasteiger partial charge in [0, 0.05) is 19.3 Å². The Kier molecular flexibility index (Phi) is 5.10. The average molecular weight is 257 g/mol. The quantitative estimate of drug-likeness (QED) is 0.881. The highest BCUT2D eigenvalue weighted by Crippen LogP contribution is 2.24. The van der Waals surface area contributed by atoms with E-state index in [1.165, 1.54) is 6.07 Å². The molecule has 0 radical (unpaired) electrons. The SMILES string of the molecule is CCc1cccnc1CNCC(C#N)C(F)(F)F. The number of pyridine rings is 1. The van der Waals surface area contributed by atoms with E-state index in [1.54, 1.807) is 12.3 Å². The summed E-state index contributed by atoms with van der Waals surface area (Å²) in [6, 6.07) is 4.92. The van der Waals surface area contributed by atoms with Gasteiger partial charge in [0.1, 0.15) is 0 Å². The molecule has 18 heavy (non-hydrogen) atoms. The van der Waals surface area contributed by atoms with Gasteiger partial charge >= 0.3 is 6.18 Å². The molecule has 0 fully saturated rings. The van der Waals surface area contributed by atoms with E-state index in [2.05, 4.69) is 10.3 Å². The molecule has 0 aliphatic carbocycles. The van der Waals surface area contributed by atoms with Gasteiger partial charge in [0.05, 0.1) is 11.8 Å². The van der Waals surface area contributed by atoms with E-state index in [-0.39, 0.29) is 6.54 Å². The number of nitrogens with zero attached hydrogens (tertiary/aromatic N) is 2. The van der Waals surface area contributed by atoms with Gasteiger partial charge in [-0.3, -0.25) is 4.98 Å². The molecule has 0 spiro atoms. The molecule has 1 aromatic rings. The van der Waals surface area contributed by atoms with Crippen molar-refractivity contribution < 1.29 is 13.2 Å². The van der Waals surface area contributed by atoms with Crippen LogP contribution >= 0.6 is 0 Å². The lowest BCUT2D eigenvalue weighted by Crippen LogP contribution is -2.32. The largest absolute Gasteiger partial charge is 0.405 e. The summed E-state index contributed by atoms with van der Waals surface area (Å²) in [6.45, 7) is 1.77. The Morgan fingerprint density at radius 1 is 1.50 bits per heavy atom. The molecule has 1 rings (SSSR count). The van der Waals surface area contributed by atoms with Crippen LogP contribution in [0.5, 0.6) is 0 Å². The molecular formula is C12H14F3N3. The second-order valence-corrected chi connectivity index (χ2v) is 3.82. The molecule has 0 saturated carbocycles. The van der Waals surface area contributed by atoms with Gasteiger partial charge in [-0.2, -0.15) is 18.4 Å². The first-order valence-electron chi connectivity index (χ1n) is 5.58. The molecule has 0 bridgehead atoms. The first kappa shape index (κ1) is 14.5. The lowest BCUT2D eigenvalue weighted by atomic mass is 10.1. The first-order valence-corrected chi connectivity index (χ1v) is 5.58. The highest BCUT2D eigenvalue weighted by Gasteiger charge is 2.39. The topological polar surface area (TPSA) is 48.7 Å². The molecule has 1 heterocycles. The molecule has 98 valence electrons. The predicted molar refractivity (Wildman–Crippen MR) is 60.5 cm³/mol. The van der Waals surface area contributed by atoms with E-state index < -0.39 is 18.6 Å². The second kappa shape index (κ2) is 6.36. The van der Waals surface area contributed by atoms with E-state index in [1.807, 2.05) is 13.0 Å². The molecule has 3 nitrogen and oxygen atoms in total. The average Bonchev–Trinajstić information content (AvgIpc) is 2.33. The lowest BCUT2D eigenvalue weighted by molar-refractivity contribution is -0.157. The zero-order valence-electron chi connectivity index (χ0n) is 9.96. The number of nitrogens with one attached hydrogen (secondary N) is 1. The third-order valence-corrected chi connectivity index (χ3v) is 2.56. The maximum atomic E-state index is 12.3. The minimum Gasteiger partial charge on any atom is -0.309 e. The Bertz CT molecular complexity index is 423. The van der Waals surface area contributed by atoms with Crippen molar-refractivity contribution in [3.05, 3.63) is 29.6 Å². The Morgan fingerprint density at radius 2 is 2.22 bits per heavy atom. The van der Waals surface area contributed by atoms with Gasteiger partial charge in [-0.15, -0.1) is 0 Å². The van der Waals surface area contributed by atoms with Crippen molar-refractivity contribution in [2.75, 3.05) is 6.54 Å². The smallest absolute Gasteiger partial charge is 0.309 e. The summed E-state index contributed by atoms with van der Waals surface area (Å²) in [6.07, 6.45) is -2.12. The molecule has 0 saturated heterocycles. The monoisotopic (exact) mass is 257 g/mol. The van der Waals surface area contributed by atoms with Crippen LogP contribution in [0.1, 0.15) is 18.2 Å². The van der Waals surface area contributed by atoms with Crippen molar-refractivity contribution in [2.24, 2.45) is 5.92 Å². The Morgan fingerprint density at radius 3 is 2.78 bits per heavy atom. The fraction of sp³-hybridized carbons (Fsp3) is 0.500. The lowest BCUT2D eigenvalue weighted by Gasteiger charge is -2.14. The molecule has 1 unspecified atom stereocenters. The number of aromatic nitrogens is 1. The van der Waals surface area contributed by atoms with Gasteiger partial charge < -0.3 is 5.32 Å². The van der Waals surface area contributed by atoms with E-state index in [0.717, 1.165) is 17.7 Å². The van der Waals surface area contributed by atoms with E-state index in [4.69, 9.17) is 5.26 Å². The van der Waals surface area contributed by atoms with Gasteiger partial charge in [0.25, 0.3) is 0 Å². The molecule has 1 N–H and O–H groups in total. The molecule has 1 aromatic heterocycles. The van der Waals surface area contributed by atoms with Crippen LogP contribution in [0.2, 0.25) is 0 Å². The van der Waals surface area contributed by atoms with Gasteiger partial charge in [-0.1, -0.05) is 13.0 Å². The third kappa shape index (κ3) is 4.00. The fourth-order valence-electron chi connectivity index (χ4n) is 1.52. The van der Waals surface area contributed by atoms with Crippen molar-refractivity contribution in [1.29, 1.82) is 5.26 Å². The van der Waals surface area contributed by atoms with Crippen LogP contribution in [0.3, 0.4) is 0 Å². The number of rotatable bonds is 5. The molecule has 6 heteroatoms. The zero-order valence-corrected chi connectivity index (χ0v) is 9.96. The zero-order chi connectivity index (χ0) is 13.6. The van der Waals surface area contributed by atoms with Gasteiger partial charge in [0.2, 0.25) is 0 Å². The highest BCUT2D eigenvalue weighted by atomic mass is 19.4.